The van der Waals surface area contributed by atoms with Crippen molar-refractivity contribution >= 4 is 0 Å². The quantitative estimate of drug-likeness (QED) is 0.763. The number of benzene rings is 2. The number of aryl methyl sites for hydroxylation is 1. The molecule has 0 radical (unpaired) electrons. The molecule has 2 rings (SSSR count). The van der Waals surface area contributed by atoms with Crippen molar-refractivity contribution in [2.24, 2.45) is 0 Å². The SMILES string of the molecule is CCCCCc1cc(O)c(Cc2ccccc2)c(O)c1. The highest BCUT2D eigenvalue weighted by atomic mass is 16.3. The minimum absolute atomic E-state index is 0.195. The number of phenols is 2. The molecule has 0 spiro atoms. The van der Waals surface area contributed by atoms with Crippen molar-refractivity contribution < 1.29 is 10.2 Å². The fourth-order valence-electron chi connectivity index (χ4n) is 2.40. The van der Waals surface area contributed by atoms with E-state index in [1.54, 1.807) is 12.1 Å². The molecule has 0 aliphatic heterocycles. The van der Waals surface area contributed by atoms with Gasteiger partial charge in [-0.15, -0.1) is 0 Å². The van der Waals surface area contributed by atoms with Gasteiger partial charge in [0.05, 0.1) is 0 Å². The Morgan fingerprint density at radius 1 is 0.850 bits per heavy atom. The Hall–Kier alpha value is -1.96. The molecule has 2 aromatic rings. The fraction of sp³-hybridized carbons (Fsp3) is 0.333. The molecule has 0 atom stereocenters. The molecule has 2 heteroatoms. The highest BCUT2D eigenvalue weighted by Crippen LogP contribution is 2.31. The van der Waals surface area contributed by atoms with Crippen LogP contribution < -0.4 is 0 Å². The van der Waals surface area contributed by atoms with Crippen molar-refractivity contribution in [1.29, 1.82) is 0 Å². The van der Waals surface area contributed by atoms with Crippen LogP contribution in [0.5, 0.6) is 11.5 Å². The summed E-state index contributed by atoms with van der Waals surface area (Å²) in [4.78, 5) is 0. The Balaban J connectivity index is 2.14. The maximum atomic E-state index is 10.1. The molecular formula is C18H22O2. The van der Waals surface area contributed by atoms with Crippen LogP contribution in [0, 0.1) is 0 Å². The minimum atomic E-state index is 0.195. The fourth-order valence-corrected chi connectivity index (χ4v) is 2.40. The van der Waals surface area contributed by atoms with Crippen molar-refractivity contribution in [3.63, 3.8) is 0 Å². The van der Waals surface area contributed by atoms with Gasteiger partial charge in [-0.1, -0.05) is 50.1 Å². The van der Waals surface area contributed by atoms with E-state index < -0.39 is 0 Å². The molecule has 0 aliphatic rings. The second kappa shape index (κ2) is 6.99. The first kappa shape index (κ1) is 14.4. The molecule has 2 N–H and O–H groups in total. The van der Waals surface area contributed by atoms with E-state index in [0.717, 1.165) is 24.0 Å². The summed E-state index contributed by atoms with van der Waals surface area (Å²) in [6.45, 7) is 2.16. The van der Waals surface area contributed by atoms with E-state index in [1.807, 2.05) is 30.3 Å². The maximum absolute atomic E-state index is 10.1. The lowest BCUT2D eigenvalue weighted by atomic mass is 9.99. The highest BCUT2D eigenvalue weighted by molar-refractivity contribution is 5.48. The van der Waals surface area contributed by atoms with Gasteiger partial charge in [-0.05, 0) is 36.1 Å². The van der Waals surface area contributed by atoms with Crippen LogP contribution in [-0.4, -0.2) is 10.2 Å². The molecule has 0 bridgehead atoms. The summed E-state index contributed by atoms with van der Waals surface area (Å²) in [5.41, 5.74) is 2.69. The number of rotatable bonds is 6. The van der Waals surface area contributed by atoms with Crippen LogP contribution in [0.2, 0.25) is 0 Å². The molecule has 0 saturated heterocycles. The molecule has 20 heavy (non-hydrogen) atoms. The standard InChI is InChI=1S/C18H22O2/c1-2-3-5-10-15-12-17(19)16(18(20)13-15)11-14-8-6-4-7-9-14/h4,6-9,12-13,19-20H,2-3,5,10-11H2,1H3. The summed E-state index contributed by atoms with van der Waals surface area (Å²) >= 11 is 0. The van der Waals surface area contributed by atoms with E-state index in [9.17, 15) is 10.2 Å². The topological polar surface area (TPSA) is 40.5 Å². The van der Waals surface area contributed by atoms with Crippen LogP contribution in [0.1, 0.15) is 42.9 Å². The van der Waals surface area contributed by atoms with Crippen LogP contribution in [-0.2, 0) is 12.8 Å². The number of phenolic OH excluding ortho intramolecular Hbond substituents is 2. The van der Waals surface area contributed by atoms with E-state index in [0.29, 0.717) is 12.0 Å². The van der Waals surface area contributed by atoms with Crippen molar-refractivity contribution in [3.8, 4) is 11.5 Å². The third-order valence-corrected chi connectivity index (χ3v) is 3.56. The highest BCUT2D eigenvalue weighted by Gasteiger charge is 2.10. The van der Waals surface area contributed by atoms with Crippen LogP contribution in [0.4, 0.5) is 0 Å². The van der Waals surface area contributed by atoms with Crippen LogP contribution >= 0.6 is 0 Å². The summed E-state index contributed by atoms with van der Waals surface area (Å²) in [6, 6.07) is 13.4. The Labute approximate surface area is 120 Å². The van der Waals surface area contributed by atoms with Gasteiger partial charge in [-0.3, -0.25) is 0 Å². The zero-order chi connectivity index (χ0) is 14.4. The van der Waals surface area contributed by atoms with Crippen LogP contribution in [0.25, 0.3) is 0 Å². The van der Waals surface area contributed by atoms with Crippen LogP contribution in [0.15, 0.2) is 42.5 Å². The van der Waals surface area contributed by atoms with Gasteiger partial charge in [0, 0.05) is 12.0 Å². The summed E-state index contributed by atoms with van der Waals surface area (Å²) in [6.07, 6.45) is 4.89. The normalized spacial score (nSPS) is 10.7. The Bertz CT molecular complexity index is 524. The van der Waals surface area contributed by atoms with Gasteiger partial charge < -0.3 is 10.2 Å². The smallest absolute Gasteiger partial charge is 0.123 e. The largest absolute Gasteiger partial charge is 0.508 e. The first-order valence-corrected chi connectivity index (χ1v) is 7.28. The monoisotopic (exact) mass is 270 g/mol. The van der Waals surface area contributed by atoms with Gasteiger partial charge in [-0.25, -0.2) is 0 Å². The van der Waals surface area contributed by atoms with Gasteiger partial charge in [0.1, 0.15) is 11.5 Å². The molecule has 0 unspecified atom stereocenters. The Morgan fingerprint density at radius 3 is 2.10 bits per heavy atom. The van der Waals surface area contributed by atoms with Gasteiger partial charge in [-0.2, -0.15) is 0 Å². The van der Waals surface area contributed by atoms with Gasteiger partial charge >= 0.3 is 0 Å². The van der Waals surface area contributed by atoms with Crippen molar-refractivity contribution in [1.82, 2.24) is 0 Å². The predicted octanol–water partition coefficient (Wildman–Crippen LogP) is 4.42. The molecule has 0 saturated carbocycles. The van der Waals surface area contributed by atoms with Gasteiger partial charge in [0.15, 0.2) is 0 Å². The lowest BCUT2D eigenvalue weighted by Crippen LogP contribution is -1.93. The minimum Gasteiger partial charge on any atom is -0.508 e. The van der Waals surface area contributed by atoms with E-state index in [2.05, 4.69) is 6.92 Å². The number of hydrogen-bond acceptors (Lipinski definition) is 2. The molecule has 0 amide bonds. The average molecular weight is 270 g/mol. The number of aromatic hydroxyl groups is 2. The van der Waals surface area contributed by atoms with E-state index in [1.165, 1.54) is 12.8 Å². The third kappa shape index (κ3) is 3.77. The molecule has 0 fully saturated rings. The molecule has 0 heterocycles. The van der Waals surface area contributed by atoms with E-state index in [4.69, 9.17) is 0 Å². The summed E-state index contributed by atoms with van der Waals surface area (Å²) in [5, 5.41) is 20.3. The van der Waals surface area contributed by atoms with Gasteiger partial charge in [0.2, 0.25) is 0 Å². The Kier molecular flexibility index (Phi) is 5.05. The lowest BCUT2D eigenvalue weighted by Gasteiger charge is -2.10. The average Bonchev–Trinajstić information content (AvgIpc) is 2.44. The van der Waals surface area contributed by atoms with E-state index in [-0.39, 0.29) is 11.5 Å². The molecule has 2 aromatic carbocycles. The number of hydrogen-bond donors (Lipinski definition) is 2. The van der Waals surface area contributed by atoms with Crippen molar-refractivity contribution in [2.45, 2.75) is 39.0 Å². The molecular weight excluding hydrogens is 248 g/mol. The summed E-state index contributed by atoms with van der Waals surface area (Å²) in [7, 11) is 0. The first-order valence-electron chi connectivity index (χ1n) is 7.28. The van der Waals surface area contributed by atoms with Crippen molar-refractivity contribution in [2.75, 3.05) is 0 Å². The third-order valence-electron chi connectivity index (χ3n) is 3.56. The molecule has 0 aromatic heterocycles. The summed E-state index contributed by atoms with van der Waals surface area (Å²) in [5.74, 6) is 0.390. The second-order valence-electron chi connectivity index (χ2n) is 5.23. The van der Waals surface area contributed by atoms with Gasteiger partial charge in [0.25, 0.3) is 0 Å². The maximum Gasteiger partial charge on any atom is 0.123 e. The number of unbranched alkanes of at least 4 members (excludes halogenated alkanes) is 2. The lowest BCUT2D eigenvalue weighted by molar-refractivity contribution is 0.439. The first-order chi connectivity index (χ1) is 9.70. The zero-order valence-electron chi connectivity index (χ0n) is 12.0. The molecule has 2 nitrogen and oxygen atoms in total. The second-order valence-corrected chi connectivity index (χ2v) is 5.23. The molecule has 106 valence electrons. The van der Waals surface area contributed by atoms with Crippen LogP contribution in [0.3, 0.4) is 0 Å². The van der Waals surface area contributed by atoms with E-state index >= 15 is 0 Å². The summed E-state index contributed by atoms with van der Waals surface area (Å²) < 4.78 is 0. The molecule has 0 aliphatic carbocycles. The Morgan fingerprint density at radius 2 is 1.50 bits per heavy atom. The predicted molar refractivity (Wildman–Crippen MR) is 82.2 cm³/mol. The van der Waals surface area contributed by atoms with Crippen molar-refractivity contribution in [3.05, 3.63) is 59.2 Å². The zero-order valence-corrected chi connectivity index (χ0v) is 12.0.